The average molecular weight is 368 g/mol. The van der Waals surface area contributed by atoms with Crippen LogP contribution in [0.2, 0.25) is 0 Å². The molecule has 142 valence electrons. The Kier molecular flexibility index (Phi) is 6.30. The highest BCUT2D eigenvalue weighted by atomic mass is 16.5. The van der Waals surface area contributed by atoms with Gasteiger partial charge in [0.15, 0.2) is 11.5 Å². The van der Waals surface area contributed by atoms with Gasteiger partial charge in [-0.3, -0.25) is 9.59 Å². The number of fused-ring (bicyclic) bond motifs is 1. The normalized spacial score (nSPS) is 13.5. The van der Waals surface area contributed by atoms with E-state index in [1.54, 1.807) is 12.0 Å². The summed E-state index contributed by atoms with van der Waals surface area (Å²) >= 11 is 0. The number of nitrogens with one attached hydrogen (secondary N) is 1. The maximum atomic E-state index is 12.4. The molecule has 0 saturated carbocycles. The molecule has 27 heavy (non-hydrogen) atoms. The van der Waals surface area contributed by atoms with Crippen LogP contribution in [0.3, 0.4) is 0 Å². The summed E-state index contributed by atoms with van der Waals surface area (Å²) in [5.41, 5.74) is 1.94. The molecule has 0 unspecified atom stereocenters. The number of amides is 2. The third kappa shape index (κ3) is 4.78. The molecule has 2 amide bonds. The first-order valence-electron chi connectivity index (χ1n) is 9.10. The van der Waals surface area contributed by atoms with E-state index in [9.17, 15) is 9.59 Å². The largest absolute Gasteiger partial charge is 0.493 e. The van der Waals surface area contributed by atoms with E-state index < -0.39 is 0 Å². The smallest absolute Gasteiger partial charge is 0.240 e. The fraction of sp³-hybridized carbons (Fsp3) is 0.333. The minimum atomic E-state index is -0.205. The van der Waals surface area contributed by atoms with Crippen molar-refractivity contribution in [2.75, 3.05) is 31.7 Å². The summed E-state index contributed by atoms with van der Waals surface area (Å²) in [4.78, 5) is 26.3. The van der Waals surface area contributed by atoms with Crippen LogP contribution < -0.4 is 19.7 Å². The van der Waals surface area contributed by atoms with E-state index in [4.69, 9.17) is 9.47 Å². The Morgan fingerprint density at radius 2 is 1.81 bits per heavy atom. The summed E-state index contributed by atoms with van der Waals surface area (Å²) in [7, 11) is 1.58. The Morgan fingerprint density at radius 1 is 1.07 bits per heavy atom. The van der Waals surface area contributed by atoms with Gasteiger partial charge in [-0.2, -0.15) is 0 Å². The van der Waals surface area contributed by atoms with Crippen LogP contribution in [0.25, 0.3) is 0 Å². The van der Waals surface area contributed by atoms with E-state index >= 15 is 0 Å². The van der Waals surface area contributed by atoms with E-state index in [0.29, 0.717) is 31.1 Å². The first kappa shape index (κ1) is 18.8. The van der Waals surface area contributed by atoms with Gasteiger partial charge in [0.2, 0.25) is 11.8 Å². The molecule has 0 bridgehead atoms. The Labute approximate surface area is 159 Å². The standard InChI is InChI=1S/C21H24N2O4/c1-26-18-10-4-5-11-19(18)27-14-13-22-20(24)15-23-17-9-3-2-7-16(17)8-6-12-21(23)25/h2-5,7,9-11H,6,8,12-15H2,1H3,(H,22,24). The van der Waals surface area contributed by atoms with Crippen LogP contribution in [0.1, 0.15) is 18.4 Å². The van der Waals surface area contributed by atoms with Crippen LogP contribution in [0.15, 0.2) is 48.5 Å². The van der Waals surface area contributed by atoms with Gasteiger partial charge in [0.1, 0.15) is 13.2 Å². The maximum absolute atomic E-state index is 12.4. The van der Waals surface area contributed by atoms with Gasteiger partial charge in [0, 0.05) is 12.1 Å². The molecule has 6 nitrogen and oxygen atoms in total. The Morgan fingerprint density at radius 3 is 2.63 bits per heavy atom. The molecule has 1 N–H and O–H groups in total. The van der Waals surface area contributed by atoms with Gasteiger partial charge in [-0.05, 0) is 36.6 Å². The van der Waals surface area contributed by atoms with Gasteiger partial charge in [0.25, 0.3) is 0 Å². The average Bonchev–Trinajstić information content (AvgIpc) is 2.85. The minimum absolute atomic E-state index is 0.0135. The number of para-hydroxylation sites is 3. The molecule has 3 rings (SSSR count). The number of nitrogens with zero attached hydrogens (tertiary/aromatic N) is 1. The van der Waals surface area contributed by atoms with Crippen LogP contribution in [-0.4, -0.2) is 38.6 Å². The van der Waals surface area contributed by atoms with Crippen molar-refractivity contribution in [3.8, 4) is 11.5 Å². The zero-order valence-electron chi connectivity index (χ0n) is 15.4. The number of aryl methyl sites for hydroxylation is 1. The van der Waals surface area contributed by atoms with Crippen molar-refractivity contribution in [2.24, 2.45) is 0 Å². The molecular weight excluding hydrogens is 344 g/mol. The van der Waals surface area contributed by atoms with Crippen LogP contribution in [-0.2, 0) is 16.0 Å². The van der Waals surface area contributed by atoms with Crippen molar-refractivity contribution in [1.82, 2.24) is 5.32 Å². The molecule has 0 aromatic heterocycles. The lowest BCUT2D eigenvalue weighted by molar-refractivity contribution is -0.123. The van der Waals surface area contributed by atoms with Gasteiger partial charge in [-0.25, -0.2) is 0 Å². The lowest BCUT2D eigenvalue weighted by atomic mass is 10.1. The predicted octanol–water partition coefficient (Wildman–Crippen LogP) is 2.56. The second-order valence-corrected chi connectivity index (χ2v) is 6.31. The highest BCUT2D eigenvalue weighted by Gasteiger charge is 2.23. The number of carbonyl (C=O) groups is 2. The summed E-state index contributed by atoms with van der Waals surface area (Å²) in [5, 5.41) is 2.81. The fourth-order valence-electron chi connectivity index (χ4n) is 3.15. The first-order chi connectivity index (χ1) is 13.2. The summed E-state index contributed by atoms with van der Waals surface area (Å²) in [6, 6.07) is 15.1. The van der Waals surface area contributed by atoms with Crippen LogP contribution in [0.4, 0.5) is 5.69 Å². The number of hydrogen-bond donors (Lipinski definition) is 1. The number of rotatable bonds is 7. The minimum Gasteiger partial charge on any atom is -0.493 e. The number of anilines is 1. The van der Waals surface area contributed by atoms with Crippen molar-refractivity contribution < 1.29 is 19.1 Å². The van der Waals surface area contributed by atoms with E-state index in [0.717, 1.165) is 24.1 Å². The number of carbonyl (C=O) groups excluding carboxylic acids is 2. The van der Waals surface area contributed by atoms with E-state index in [1.165, 1.54) is 0 Å². The van der Waals surface area contributed by atoms with Crippen molar-refractivity contribution in [3.05, 3.63) is 54.1 Å². The molecule has 0 fully saturated rings. The summed E-state index contributed by atoms with van der Waals surface area (Å²) in [6.45, 7) is 0.682. The summed E-state index contributed by atoms with van der Waals surface area (Å²) < 4.78 is 10.9. The zero-order valence-corrected chi connectivity index (χ0v) is 15.4. The molecule has 0 aliphatic carbocycles. The van der Waals surface area contributed by atoms with Crippen molar-refractivity contribution in [1.29, 1.82) is 0 Å². The Bertz CT molecular complexity index is 806. The van der Waals surface area contributed by atoms with Gasteiger partial charge in [-0.15, -0.1) is 0 Å². The molecule has 2 aromatic rings. The van der Waals surface area contributed by atoms with Crippen LogP contribution in [0, 0.1) is 0 Å². The molecule has 1 aliphatic rings. The predicted molar refractivity (Wildman–Crippen MR) is 103 cm³/mol. The molecule has 0 saturated heterocycles. The monoisotopic (exact) mass is 368 g/mol. The van der Waals surface area contributed by atoms with E-state index in [2.05, 4.69) is 5.32 Å². The maximum Gasteiger partial charge on any atom is 0.240 e. The summed E-state index contributed by atoms with van der Waals surface area (Å²) in [5.74, 6) is 1.06. The van der Waals surface area contributed by atoms with Crippen molar-refractivity contribution >= 4 is 17.5 Å². The third-order valence-corrected chi connectivity index (χ3v) is 4.47. The number of methoxy groups -OCH3 is 1. The highest BCUT2D eigenvalue weighted by Crippen LogP contribution is 2.27. The topological polar surface area (TPSA) is 67.9 Å². The van der Waals surface area contributed by atoms with E-state index in [1.807, 2.05) is 48.5 Å². The second-order valence-electron chi connectivity index (χ2n) is 6.31. The second kappa shape index (κ2) is 9.07. The number of benzene rings is 2. The highest BCUT2D eigenvalue weighted by molar-refractivity contribution is 5.99. The molecule has 2 aromatic carbocycles. The Hall–Kier alpha value is -3.02. The molecule has 1 aliphatic heterocycles. The lowest BCUT2D eigenvalue weighted by Gasteiger charge is -2.22. The Balaban J connectivity index is 1.52. The molecule has 6 heteroatoms. The first-order valence-corrected chi connectivity index (χ1v) is 9.10. The SMILES string of the molecule is COc1ccccc1OCCNC(=O)CN1C(=O)CCCc2ccccc21. The van der Waals surface area contributed by atoms with Crippen LogP contribution in [0.5, 0.6) is 11.5 Å². The van der Waals surface area contributed by atoms with Gasteiger partial charge < -0.3 is 19.7 Å². The number of hydrogen-bond acceptors (Lipinski definition) is 4. The van der Waals surface area contributed by atoms with Crippen molar-refractivity contribution in [2.45, 2.75) is 19.3 Å². The van der Waals surface area contributed by atoms with Gasteiger partial charge in [-0.1, -0.05) is 30.3 Å². The zero-order chi connectivity index (χ0) is 19.1. The number of ether oxygens (including phenoxy) is 2. The molecule has 0 spiro atoms. The quantitative estimate of drug-likeness (QED) is 0.763. The van der Waals surface area contributed by atoms with Crippen LogP contribution >= 0.6 is 0 Å². The van der Waals surface area contributed by atoms with E-state index in [-0.39, 0.29) is 18.4 Å². The van der Waals surface area contributed by atoms with Gasteiger partial charge >= 0.3 is 0 Å². The summed E-state index contributed by atoms with van der Waals surface area (Å²) in [6.07, 6.45) is 2.12. The molecular formula is C21H24N2O4. The van der Waals surface area contributed by atoms with Gasteiger partial charge in [0.05, 0.1) is 13.7 Å². The third-order valence-electron chi connectivity index (χ3n) is 4.47. The molecule has 1 heterocycles. The fourth-order valence-corrected chi connectivity index (χ4v) is 3.15. The molecule has 0 radical (unpaired) electrons. The van der Waals surface area contributed by atoms with Crippen molar-refractivity contribution in [3.63, 3.8) is 0 Å². The molecule has 0 atom stereocenters. The lowest BCUT2D eigenvalue weighted by Crippen LogP contribution is -2.41.